The van der Waals surface area contributed by atoms with E-state index in [9.17, 15) is 9.59 Å². The van der Waals surface area contributed by atoms with Crippen LogP contribution in [0.15, 0.2) is 33.9 Å². The largest absolute Gasteiger partial charge is 0.492 e. The van der Waals surface area contributed by atoms with Crippen LogP contribution in [0.2, 0.25) is 0 Å². The molecule has 3 heterocycles. The number of likely N-dealkylation sites (N-methyl/N-ethyl adjacent to an activating group) is 1. The van der Waals surface area contributed by atoms with Crippen LogP contribution in [-0.4, -0.2) is 80.5 Å². The van der Waals surface area contributed by atoms with Crippen LogP contribution in [0.25, 0.3) is 22.6 Å². The minimum atomic E-state index is -0.450. The second-order valence-electron chi connectivity index (χ2n) is 9.28. The Morgan fingerprint density at radius 3 is 2.38 bits per heavy atom. The van der Waals surface area contributed by atoms with Crippen LogP contribution in [0.3, 0.4) is 0 Å². The molecule has 0 bridgehead atoms. The van der Waals surface area contributed by atoms with Gasteiger partial charge in [-0.25, -0.2) is 9.78 Å². The van der Waals surface area contributed by atoms with Crippen LogP contribution in [0.5, 0.6) is 5.75 Å². The van der Waals surface area contributed by atoms with Gasteiger partial charge in [-0.1, -0.05) is 12.8 Å². The van der Waals surface area contributed by atoms with Crippen LogP contribution >= 0.6 is 0 Å². The van der Waals surface area contributed by atoms with Gasteiger partial charge in [-0.15, -0.1) is 10.2 Å². The maximum atomic E-state index is 12.8. The number of piperazine rings is 1. The molecule has 1 aromatic carbocycles. The topological polar surface area (TPSA) is 98.4 Å². The highest BCUT2D eigenvalue weighted by molar-refractivity contribution is 5.71. The summed E-state index contributed by atoms with van der Waals surface area (Å²) in [6.07, 6.45) is 3.91. The number of aromatic nitrogens is 5. The molecule has 0 amide bonds. The molecule has 5 rings (SSSR count). The molecule has 1 aliphatic heterocycles. The zero-order valence-electron chi connectivity index (χ0n) is 19.8. The van der Waals surface area contributed by atoms with Crippen LogP contribution in [0.4, 0.5) is 0 Å². The van der Waals surface area contributed by atoms with Crippen LogP contribution in [-0.2, 0) is 7.05 Å². The van der Waals surface area contributed by atoms with Crippen molar-refractivity contribution in [3.8, 4) is 17.1 Å². The third kappa shape index (κ3) is 4.47. The highest BCUT2D eigenvalue weighted by Crippen LogP contribution is 2.29. The van der Waals surface area contributed by atoms with Crippen molar-refractivity contribution in [2.45, 2.75) is 31.7 Å². The summed E-state index contributed by atoms with van der Waals surface area (Å²) in [5.74, 6) is 1.13. The average Bonchev–Trinajstić information content (AvgIpc) is 3.39. The van der Waals surface area contributed by atoms with E-state index < -0.39 is 5.56 Å². The molecular formula is C24H31N7O3. The van der Waals surface area contributed by atoms with Gasteiger partial charge >= 0.3 is 5.69 Å². The molecule has 10 heteroatoms. The highest BCUT2D eigenvalue weighted by atomic mass is 16.5. The number of fused-ring (bicyclic) bond motifs is 1. The first-order chi connectivity index (χ1) is 16.5. The Bertz CT molecular complexity index is 1270. The first kappa shape index (κ1) is 22.7. The lowest BCUT2D eigenvalue weighted by molar-refractivity contribution is 0.134. The Labute approximate surface area is 197 Å². The van der Waals surface area contributed by atoms with Crippen molar-refractivity contribution >= 4 is 11.2 Å². The van der Waals surface area contributed by atoms with Crippen molar-refractivity contribution in [2.75, 3.05) is 46.4 Å². The van der Waals surface area contributed by atoms with Gasteiger partial charge in [0, 0.05) is 51.4 Å². The molecule has 2 aliphatic rings. The average molecular weight is 466 g/mol. The Morgan fingerprint density at radius 2 is 1.68 bits per heavy atom. The third-order valence-corrected chi connectivity index (χ3v) is 6.97. The normalized spacial score (nSPS) is 18.1. The summed E-state index contributed by atoms with van der Waals surface area (Å²) in [5.41, 5.74) is 0.376. The zero-order chi connectivity index (χ0) is 23.7. The van der Waals surface area contributed by atoms with E-state index in [-0.39, 0.29) is 22.9 Å². The Hall–Kier alpha value is -3.11. The van der Waals surface area contributed by atoms with E-state index in [1.165, 1.54) is 7.05 Å². The fraction of sp³-hybridized carbons (Fsp3) is 0.542. The quantitative estimate of drug-likeness (QED) is 0.537. The lowest BCUT2D eigenvalue weighted by atomic mass is 10.2. The molecule has 180 valence electrons. The summed E-state index contributed by atoms with van der Waals surface area (Å²) in [5, 5.41) is 8.55. The van der Waals surface area contributed by atoms with Crippen molar-refractivity contribution in [2.24, 2.45) is 7.05 Å². The highest BCUT2D eigenvalue weighted by Gasteiger charge is 2.24. The Morgan fingerprint density at radius 1 is 0.971 bits per heavy atom. The van der Waals surface area contributed by atoms with E-state index >= 15 is 0 Å². The second-order valence-corrected chi connectivity index (χ2v) is 9.28. The van der Waals surface area contributed by atoms with Gasteiger partial charge in [0.05, 0.1) is 0 Å². The summed E-state index contributed by atoms with van der Waals surface area (Å²) in [6, 6.07) is 7.53. The van der Waals surface area contributed by atoms with E-state index in [1.807, 2.05) is 24.3 Å². The Balaban J connectivity index is 1.34. The summed E-state index contributed by atoms with van der Waals surface area (Å²) < 4.78 is 8.64. The van der Waals surface area contributed by atoms with Gasteiger partial charge in [-0.2, -0.15) is 0 Å². The summed E-state index contributed by atoms with van der Waals surface area (Å²) in [7, 11) is 3.64. The fourth-order valence-corrected chi connectivity index (χ4v) is 4.80. The molecule has 0 N–H and O–H groups in total. The second kappa shape index (κ2) is 9.63. The van der Waals surface area contributed by atoms with E-state index in [0.29, 0.717) is 12.4 Å². The first-order valence-electron chi connectivity index (χ1n) is 12.0. The van der Waals surface area contributed by atoms with Crippen LogP contribution in [0, 0.1) is 0 Å². The number of ether oxygens (including phenoxy) is 1. The van der Waals surface area contributed by atoms with Gasteiger partial charge < -0.3 is 9.64 Å². The maximum absolute atomic E-state index is 12.8. The summed E-state index contributed by atoms with van der Waals surface area (Å²) in [6.45, 7) is 5.85. The molecule has 2 aromatic heterocycles. The van der Waals surface area contributed by atoms with Crippen molar-refractivity contribution in [3.63, 3.8) is 0 Å². The van der Waals surface area contributed by atoms with Gasteiger partial charge in [0.1, 0.15) is 12.4 Å². The minimum absolute atomic E-state index is 0.0334. The molecule has 2 fully saturated rings. The molecule has 3 aromatic rings. The van der Waals surface area contributed by atoms with Crippen molar-refractivity contribution in [1.29, 1.82) is 0 Å². The lowest BCUT2D eigenvalue weighted by Crippen LogP contribution is -2.45. The third-order valence-electron chi connectivity index (χ3n) is 6.97. The lowest BCUT2D eigenvalue weighted by Gasteiger charge is -2.32. The van der Waals surface area contributed by atoms with E-state index in [0.717, 1.165) is 74.3 Å². The zero-order valence-corrected chi connectivity index (χ0v) is 19.8. The number of hydrogen-bond acceptors (Lipinski definition) is 8. The summed E-state index contributed by atoms with van der Waals surface area (Å²) in [4.78, 5) is 34.9. The minimum Gasteiger partial charge on any atom is -0.492 e. The number of benzene rings is 1. The van der Waals surface area contributed by atoms with Gasteiger partial charge in [-0.3, -0.25) is 18.8 Å². The molecule has 1 aliphatic carbocycles. The molecule has 0 spiro atoms. The fourth-order valence-electron chi connectivity index (χ4n) is 4.80. The van der Waals surface area contributed by atoms with Gasteiger partial charge in [0.2, 0.25) is 0 Å². The number of nitrogens with zero attached hydrogens (tertiary/aromatic N) is 7. The number of rotatable bonds is 6. The predicted molar refractivity (Wildman–Crippen MR) is 129 cm³/mol. The summed E-state index contributed by atoms with van der Waals surface area (Å²) >= 11 is 0. The molecule has 34 heavy (non-hydrogen) atoms. The molecule has 1 saturated heterocycles. The maximum Gasteiger partial charge on any atom is 0.332 e. The standard InChI is InChI=1S/C24H31N7O3/c1-28-11-13-30(14-12-28)15-16-34-19-9-7-17(8-10-19)21-25-20-22(27-26-21)31(18-5-3-4-6-18)24(33)29(2)23(20)32/h7-10,18H,3-6,11-16H2,1-2H3. The Kier molecular flexibility index (Phi) is 6.42. The van der Waals surface area contributed by atoms with E-state index in [4.69, 9.17) is 4.74 Å². The predicted octanol–water partition coefficient (Wildman–Crippen LogP) is 1.29. The molecule has 10 nitrogen and oxygen atoms in total. The smallest absolute Gasteiger partial charge is 0.332 e. The first-order valence-corrected chi connectivity index (χ1v) is 12.0. The van der Waals surface area contributed by atoms with Crippen LogP contribution < -0.4 is 16.0 Å². The van der Waals surface area contributed by atoms with Gasteiger partial charge in [0.25, 0.3) is 5.56 Å². The van der Waals surface area contributed by atoms with Crippen molar-refractivity contribution in [3.05, 3.63) is 45.1 Å². The van der Waals surface area contributed by atoms with E-state index in [1.54, 1.807) is 4.57 Å². The molecule has 1 saturated carbocycles. The number of hydrogen-bond donors (Lipinski definition) is 0. The van der Waals surface area contributed by atoms with Crippen LogP contribution in [0.1, 0.15) is 31.7 Å². The molecule has 0 unspecified atom stereocenters. The van der Waals surface area contributed by atoms with Crippen molar-refractivity contribution < 1.29 is 4.74 Å². The SMILES string of the molecule is CN1CCN(CCOc2ccc(-c3nnc4c(n3)c(=O)n(C)c(=O)n4C3CCCC3)cc2)CC1. The van der Waals surface area contributed by atoms with Gasteiger partial charge in [0.15, 0.2) is 17.0 Å². The molecule has 0 radical (unpaired) electrons. The molecule has 0 atom stereocenters. The van der Waals surface area contributed by atoms with Gasteiger partial charge in [-0.05, 0) is 44.2 Å². The van der Waals surface area contributed by atoms with Crippen molar-refractivity contribution in [1.82, 2.24) is 34.1 Å². The van der Waals surface area contributed by atoms with E-state index in [2.05, 4.69) is 32.0 Å². The molecular weight excluding hydrogens is 434 g/mol. The monoisotopic (exact) mass is 465 g/mol.